The van der Waals surface area contributed by atoms with Crippen molar-refractivity contribution in [1.82, 2.24) is 0 Å². The molecule has 21 heavy (non-hydrogen) atoms. The quantitative estimate of drug-likeness (QED) is 0.858. The lowest BCUT2D eigenvalue weighted by atomic mass is 10.1. The number of benzene rings is 2. The maximum atomic E-state index is 12.5. The van der Waals surface area contributed by atoms with E-state index >= 15 is 0 Å². The number of hydrogen-bond donors (Lipinski definition) is 1. The number of anilines is 1. The molecule has 0 heterocycles. The van der Waals surface area contributed by atoms with E-state index in [1.165, 1.54) is 0 Å². The number of aliphatic hydroxyl groups excluding tert-OH is 1. The van der Waals surface area contributed by atoms with Crippen molar-refractivity contribution in [2.45, 2.75) is 6.92 Å². The molecule has 0 aliphatic rings. The maximum Gasteiger partial charge on any atom is 0.258 e. The first-order chi connectivity index (χ1) is 10.1. The number of rotatable bonds is 2. The fourth-order valence-corrected chi connectivity index (χ4v) is 2.02. The molecular weight excluding hydrogens is 262 g/mol. The number of aryl methyl sites for hydroxylation is 1. The normalized spacial score (nSPS) is 9.67. The number of carbonyl (C=O) groups excluding carboxylic acids is 1. The summed E-state index contributed by atoms with van der Waals surface area (Å²) in [6.45, 7) is 1.80. The van der Waals surface area contributed by atoms with Crippen LogP contribution in [0.3, 0.4) is 0 Å². The van der Waals surface area contributed by atoms with E-state index in [0.717, 1.165) is 11.3 Å². The first-order valence-corrected chi connectivity index (χ1v) is 6.66. The van der Waals surface area contributed by atoms with Crippen LogP contribution in [0.15, 0.2) is 48.5 Å². The summed E-state index contributed by atoms with van der Waals surface area (Å²) < 4.78 is 0. The van der Waals surface area contributed by atoms with Crippen LogP contribution in [0, 0.1) is 18.8 Å². The summed E-state index contributed by atoms with van der Waals surface area (Å²) in [5, 5.41) is 8.72. The second kappa shape index (κ2) is 6.74. The summed E-state index contributed by atoms with van der Waals surface area (Å²) in [6.07, 6.45) is 0. The van der Waals surface area contributed by atoms with Crippen molar-refractivity contribution in [3.8, 4) is 11.8 Å². The lowest BCUT2D eigenvalue weighted by molar-refractivity contribution is 0.0993. The largest absolute Gasteiger partial charge is 0.384 e. The first-order valence-electron chi connectivity index (χ1n) is 6.66. The molecule has 3 nitrogen and oxygen atoms in total. The van der Waals surface area contributed by atoms with Crippen LogP contribution in [0.25, 0.3) is 0 Å². The van der Waals surface area contributed by atoms with Crippen molar-refractivity contribution in [3.63, 3.8) is 0 Å². The van der Waals surface area contributed by atoms with Crippen LogP contribution in [0.2, 0.25) is 0 Å². The molecular formula is C18H17NO2. The fraction of sp³-hybridized carbons (Fsp3) is 0.167. The van der Waals surface area contributed by atoms with Gasteiger partial charge in [0.25, 0.3) is 5.91 Å². The Labute approximate surface area is 124 Å². The Morgan fingerprint density at radius 2 is 1.95 bits per heavy atom. The highest BCUT2D eigenvalue weighted by Crippen LogP contribution is 2.17. The molecule has 0 saturated carbocycles. The molecule has 0 bridgehead atoms. The van der Waals surface area contributed by atoms with E-state index in [4.69, 9.17) is 5.11 Å². The summed E-state index contributed by atoms with van der Waals surface area (Å²) >= 11 is 0. The van der Waals surface area contributed by atoms with Crippen LogP contribution in [-0.2, 0) is 0 Å². The predicted octanol–water partition coefficient (Wildman–Crippen LogP) is 2.62. The van der Waals surface area contributed by atoms with Crippen LogP contribution >= 0.6 is 0 Å². The van der Waals surface area contributed by atoms with Gasteiger partial charge in [-0.2, -0.15) is 0 Å². The lowest BCUT2D eigenvalue weighted by Gasteiger charge is -2.18. The fourth-order valence-electron chi connectivity index (χ4n) is 2.02. The van der Waals surface area contributed by atoms with Gasteiger partial charge >= 0.3 is 0 Å². The van der Waals surface area contributed by atoms with Gasteiger partial charge in [-0.05, 0) is 42.8 Å². The Hall–Kier alpha value is -2.57. The maximum absolute atomic E-state index is 12.5. The molecule has 0 atom stereocenters. The number of carbonyl (C=O) groups is 1. The average molecular weight is 279 g/mol. The van der Waals surface area contributed by atoms with Crippen LogP contribution < -0.4 is 4.90 Å². The van der Waals surface area contributed by atoms with E-state index in [9.17, 15) is 4.79 Å². The van der Waals surface area contributed by atoms with Crippen molar-refractivity contribution >= 4 is 11.6 Å². The van der Waals surface area contributed by atoms with Gasteiger partial charge in [-0.1, -0.05) is 30.0 Å². The summed E-state index contributed by atoms with van der Waals surface area (Å²) in [5.41, 5.74) is 3.25. The van der Waals surface area contributed by atoms with E-state index in [1.807, 2.05) is 37.3 Å². The highest BCUT2D eigenvalue weighted by atomic mass is 16.2. The van der Waals surface area contributed by atoms with E-state index in [1.54, 1.807) is 30.1 Å². The molecule has 1 N–H and O–H groups in total. The molecule has 0 unspecified atom stereocenters. The van der Waals surface area contributed by atoms with E-state index in [2.05, 4.69) is 11.8 Å². The van der Waals surface area contributed by atoms with Crippen molar-refractivity contribution in [1.29, 1.82) is 0 Å². The van der Waals surface area contributed by atoms with Gasteiger partial charge in [0.1, 0.15) is 6.61 Å². The molecule has 0 aromatic heterocycles. The van der Waals surface area contributed by atoms with E-state index < -0.39 is 0 Å². The summed E-state index contributed by atoms with van der Waals surface area (Å²) in [6, 6.07) is 14.9. The molecule has 0 aliphatic heterocycles. The topological polar surface area (TPSA) is 40.5 Å². The monoisotopic (exact) mass is 279 g/mol. The molecule has 0 fully saturated rings. The van der Waals surface area contributed by atoms with Gasteiger partial charge < -0.3 is 10.0 Å². The minimum Gasteiger partial charge on any atom is -0.384 e. The second-order valence-electron chi connectivity index (χ2n) is 4.74. The number of hydrogen-bond acceptors (Lipinski definition) is 2. The lowest BCUT2D eigenvalue weighted by Crippen LogP contribution is -2.26. The predicted molar refractivity (Wildman–Crippen MR) is 84.3 cm³/mol. The highest BCUT2D eigenvalue weighted by molar-refractivity contribution is 6.05. The van der Waals surface area contributed by atoms with Gasteiger partial charge in [0, 0.05) is 23.9 Å². The Morgan fingerprint density at radius 1 is 1.19 bits per heavy atom. The zero-order chi connectivity index (χ0) is 15.2. The molecule has 2 aromatic rings. The SMILES string of the molecule is Cc1cccc(N(C)C(=O)c2cccc(C#CCO)c2)c1. The zero-order valence-electron chi connectivity index (χ0n) is 12.1. The minimum atomic E-state index is -0.193. The van der Waals surface area contributed by atoms with Gasteiger partial charge in [-0.25, -0.2) is 0 Å². The summed E-state index contributed by atoms with van der Waals surface area (Å²) in [7, 11) is 1.75. The Kier molecular flexibility index (Phi) is 4.76. The van der Waals surface area contributed by atoms with Crippen molar-refractivity contribution < 1.29 is 9.90 Å². The first kappa shape index (κ1) is 14.8. The summed E-state index contributed by atoms with van der Waals surface area (Å²) in [5.74, 6) is 5.30. The van der Waals surface area contributed by atoms with Crippen LogP contribution in [-0.4, -0.2) is 24.7 Å². The van der Waals surface area contributed by atoms with Crippen molar-refractivity contribution in [3.05, 3.63) is 65.2 Å². The van der Waals surface area contributed by atoms with Gasteiger partial charge in [-0.3, -0.25) is 4.79 Å². The highest BCUT2D eigenvalue weighted by Gasteiger charge is 2.13. The second-order valence-corrected chi connectivity index (χ2v) is 4.74. The van der Waals surface area contributed by atoms with Crippen LogP contribution in [0.1, 0.15) is 21.5 Å². The van der Waals surface area contributed by atoms with Crippen molar-refractivity contribution in [2.75, 3.05) is 18.6 Å². The molecule has 2 aromatic carbocycles. The molecule has 0 radical (unpaired) electrons. The van der Waals surface area contributed by atoms with E-state index in [-0.39, 0.29) is 12.5 Å². The van der Waals surface area contributed by atoms with Crippen LogP contribution in [0.4, 0.5) is 5.69 Å². The molecule has 106 valence electrons. The third-order valence-corrected chi connectivity index (χ3v) is 3.11. The Morgan fingerprint density at radius 3 is 2.67 bits per heavy atom. The Balaban J connectivity index is 2.27. The number of amides is 1. The standard InChI is InChI=1S/C18H17NO2/c1-14-6-3-10-17(12-14)19(2)18(21)16-9-4-7-15(13-16)8-5-11-20/h3-4,6-7,9-10,12-13,20H,11H2,1-2H3. The Bertz CT molecular complexity index is 710. The van der Waals surface area contributed by atoms with Gasteiger partial charge in [0.2, 0.25) is 0 Å². The molecule has 0 spiro atoms. The van der Waals surface area contributed by atoms with Gasteiger partial charge in [0.05, 0.1) is 0 Å². The molecule has 0 saturated heterocycles. The van der Waals surface area contributed by atoms with E-state index in [0.29, 0.717) is 11.1 Å². The van der Waals surface area contributed by atoms with Crippen molar-refractivity contribution in [2.24, 2.45) is 0 Å². The van der Waals surface area contributed by atoms with Crippen LogP contribution in [0.5, 0.6) is 0 Å². The average Bonchev–Trinajstić information content (AvgIpc) is 2.51. The third-order valence-electron chi connectivity index (χ3n) is 3.11. The zero-order valence-corrected chi connectivity index (χ0v) is 12.1. The molecule has 1 amide bonds. The smallest absolute Gasteiger partial charge is 0.258 e. The number of nitrogens with zero attached hydrogens (tertiary/aromatic N) is 1. The molecule has 3 heteroatoms. The minimum absolute atomic E-state index is 0.0896. The summed E-state index contributed by atoms with van der Waals surface area (Å²) in [4.78, 5) is 14.1. The molecule has 0 aliphatic carbocycles. The number of aliphatic hydroxyl groups is 1. The van der Waals surface area contributed by atoms with Gasteiger partial charge in [0.15, 0.2) is 0 Å². The van der Waals surface area contributed by atoms with Gasteiger partial charge in [-0.15, -0.1) is 0 Å². The molecule has 2 rings (SSSR count). The third kappa shape index (κ3) is 3.71.